The van der Waals surface area contributed by atoms with Crippen LogP contribution in [-0.2, 0) is 6.54 Å². The highest BCUT2D eigenvalue weighted by Crippen LogP contribution is 2.36. The molecule has 3 rings (SSSR count). The topological polar surface area (TPSA) is 34.1 Å². The van der Waals surface area contributed by atoms with Crippen LogP contribution in [0.2, 0.25) is 0 Å². The van der Waals surface area contributed by atoms with Crippen molar-refractivity contribution in [2.45, 2.75) is 71.1 Å². The van der Waals surface area contributed by atoms with Crippen molar-refractivity contribution in [2.75, 3.05) is 0 Å². The summed E-state index contributed by atoms with van der Waals surface area (Å²) < 4.78 is 19.5. The Kier molecular flexibility index (Phi) is 4.16. The summed E-state index contributed by atoms with van der Waals surface area (Å²) >= 11 is 0. The van der Waals surface area contributed by atoms with Crippen molar-refractivity contribution in [3.8, 4) is 5.88 Å². The third-order valence-electron chi connectivity index (χ3n) is 4.61. The second-order valence-electron chi connectivity index (χ2n) is 7.25. The third-order valence-corrected chi connectivity index (χ3v) is 4.61. The van der Waals surface area contributed by atoms with Gasteiger partial charge >= 0.3 is 0 Å². The molecule has 1 aromatic heterocycles. The lowest BCUT2D eigenvalue weighted by Crippen LogP contribution is -2.29. The summed E-state index contributed by atoms with van der Waals surface area (Å²) in [6.45, 7) is 5.26. The van der Waals surface area contributed by atoms with Crippen molar-refractivity contribution in [3.63, 3.8) is 0 Å². The van der Waals surface area contributed by atoms with E-state index < -0.39 is 0 Å². The van der Waals surface area contributed by atoms with Gasteiger partial charge in [-0.2, -0.15) is 0 Å². The van der Waals surface area contributed by atoms with E-state index in [0.29, 0.717) is 23.9 Å². The number of aromatic nitrogens is 1. The van der Waals surface area contributed by atoms with Gasteiger partial charge in [0.2, 0.25) is 5.88 Å². The van der Waals surface area contributed by atoms with E-state index in [1.54, 1.807) is 6.07 Å². The van der Waals surface area contributed by atoms with Crippen LogP contribution in [0.4, 0.5) is 4.39 Å². The molecule has 1 aromatic rings. The number of hydrogen-bond donors (Lipinski definition) is 1. The largest absolute Gasteiger partial charge is 0.474 e. The van der Waals surface area contributed by atoms with Crippen molar-refractivity contribution in [2.24, 2.45) is 5.41 Å². The Hall–Kier alpha value is -1.16. The summed E-state index contributed by atoms with van der Waals surface area (Å²) in [5.74, 6) is 0.314. The van der Waals surface area contributed by atoms with Crippen molar-refractivity contribution < 1.29 is 9.13 Å². The maximum atomic E-state index is 13.4. The summed E-state index contributed by atoms with van der Waals surface area (Å²) in [7, 11) is 0. The third kappa shape index (κ3) is 4.16. The molecule has 0 unspecified atom stereocenters. The average molecular weight is 292 g/mol. The molecule has 2 saturated carbocycles. The molecule has 0 atom stereocenters. The van der Waals surface area contributed by atoms with E-state index >= 15 is 0 Å². The number of ether oxygens (including phenoxy) is 1. The Morgan fingerprint density at radius 3 is 2.67 bits per heavy atom. The van der Waals surface area contributed by atoms with Crippen LogP contribution in [0.15, 0.2) is 12.3 Å². The number of pyridine rings is 1. The van der Waals surface area contributed by atoms with Crippen molar-refractivity contribution in [3.05, 3.63) is 23.6 Å². The molecule has 21 heavy (non-hydrogen) atoms. The van der Waals surface area contributed by atoms with Crippen LogP contribution in [0.5, 0.6) is 5.88 Å². The van der Waals surface area contributed by atoms with Gasteiger partial charge < -0.3 is 10.1 Å². The maximum Gasteiger partial charge on any atom is 0.218 e. The molecule has 2 aliphatic carbocycles. The van der Waals surface area contributed by atoms with Gasteiger partial charge in [-0.1, -0.05) is 13.8 Å². The first-order valence-electron chi connectivity index (χ1n) is 8.06. The van der Waals surface area contributed by atoms with E-state index in [1.807, 2.05) is 0 Å². The Bertz CT molecular complexity index is 490. The predicted molar refractivity (Wildman–Crippen MR) is 80.7 cm³/mol. The highest BCUT2D eigenvalue weighted by Gasteiger charge is 2.28. The zero-order valence-corrected chi connectivity index (χ0v) is 13.0. The Labute approximate surface area is 126 Å². The Balaban J connectivity index is 1.63. The van der Waals surface area contributed by atoms with Gasteiger partial charge in [0, 0.05) is 18.2 Å². The van der Waals surface area contributed by atoms with Crippen LogP contribution < -0.4 is 10.1 Å². The number of rotatable bonds is 5. The number of nitrogens with zero attached hydrogens (tertiary/aromatic N) is 1. The second-order valence-corrected chi connectivity index (χ2v) is 7.25. The summed E-state index contributed by atoms with van der Waals surface area (Å²) in [6.07, 6.45) is 8.37. The van der Waals surface area contributed by atoms with Gasteiger partial charge in [-0.15, -0.1) is 0 Å². The van der Waals surface area contributed by atoms with Gasteiger partial charge in [-0.25, -0.2) is 9.37 Å². The minimum absolute atomic E-state index is 0.218. The molecule has 0 bridgehead atoms. The van der Waals surface area contributed by atoms with Crippen LogP contribution in [-0.4, -0.2) is 17.1 Å². The zero-order chi connectivity index (χ0) is 14.9. The fraction of sp³-hybridized carbons (Fsp3) is 0.706. The van der Waals surface area contributed by atoms with Gasteiger partial charge in [0.25, 0.3) is 0 Å². The highest BCUT2D eigenvalue weighted by molar-refractivity contribution is 5.26. The lowest BCUT2D eigenvalue weighted by Gasteiger charge is -2.34. The minimum atomic E-state index is -0.292. The molecule has 2 fully saturated rings. The zero-order valence-electron chi connectivity index (χ0n) is 13.0. The number of hydrogen-bond acceptors (Lipinski definition) is 3. The molecule has 0 aromatic carbocycles. The van der Waals surface area contributed by atoms with Crippen LogP contribution in [0, 0.1) is 11.2 Å². The minimum Gasteiger partial charge on any atom is -0.474 e. The highest BCUT2D eigenvalue weighted by atomic mass is 19.1. The van der Waals surface area contributed by atoms with E-state index in [9.17, 15) is 4.39 Å². The first-order valence-corrected chi connectivity index (χ1v) is 8.06. The van der Waals surface area contributed by atoms with Crippen LogP contribution in [0.3, 0.4) is 0 Å². The van der Waals surface area contributed by atoms with E-state index in [2.05, 4.69) is 24.1 Å². The smallest absolute Gasteiger partial charge is 0.218 e. The molecule has 2 aliphatic rings. The van der Waals surface area contributed by atoms with E-state index in [0.717, 1.165) is 18.4 Å². The molecule has 4 heteroatoms. The predicted octanol–water partition coefficient (Wildman–Crippen LogP) is 3.82. The lowest BCUT2D eigenvalue weighted by atomic mass is 9.76. The normalized spacial score (nSPS) is 22.2. The van der Waals surface area contributed by atoms with E-state index in [4.69, 9.17) is 4.74 Å². The fourth-order valence-corrected chi connectivity index (χ4v) is 2.89. The second kappa shape index (κ2) is 5.91. The van der Waals surface area contributed by atoms with Crippen molar-refractivity contribution in [1.29, 1.82) is 0 Å². The van der Waals surface area contributed by atoms with Crippen molar-refractivity contribution in [1.82, 2.24) is 10.3 Å². The summed E-state index contributed by atoms with van der Waals surface area (Å²) in [6, 6.07) is 2.14. The molecule has 3 nitrogen and oxygen atoms in total. The number of halogens is 1. The molecule has 0 amide bonds. The van der Waals surface area contributed by atoms with Gasteiger partial charge in [-0.3, -0.25) is 0 Å². The quantitative estimate of drug-likeness (QED) is 0.896. The molecular weight excluding hydrogens is 267 g/mol. The maximum absolute atomic E-state index is 13.4. The van der Waals surface area contributed by atoms with Gasteiger partial charge in [0.15, 0.2) is 0 Å². The van der Waals surface area contributed by atoms with Gasteiger partial charge in [0.1, 0.15) is 11.9 Å². The monoisotopic (exact) mass is 292 g/mol. The first kappa shape index (κ1) is 14.8. The molecule has 0 spiro atoms. The Morgan fingerprint density at radius 1 is 1.29 bits per heavy atom. The molecular formula is C17H25FN2O. The van der Waals surface area contributed by atoms with Gasteiger partial charge in [0.05, 0.1) is 6.20 Å². The number of nitrogens with one attached hydrogen (secondary N) is 1. The SMILES string of the molecule is CC1(C)CCC(Oc2ncc(F)cc2CNC2CC2)CC1. The van der Waals surface area contributed by atoms with E-state index in [1.165, 1.54) is 31.9 Å². The first-order chi connectivity index (χ1) is 10.0. The van der Waals surface area contributed by atoms with Crippen molar-refractivity contribution >= 4 is 0 Å². The van der Waals surface area contributed by atoms with Crippen LogP contribution >= 0.6 is 0 Å². The average Bonchev–Trinajstić information content (AvgIpc) is 3.25. The standard InChI is InChI=1S/C17H25FN2O/c1-17(2)7-5-15(6-8-17)21-16-12(9-13(18)11-20-16)10-19-14-3-4-14/h9,11,14-15,19H,3-8,10H2,1-2H3. The fourth-order valence-electron chi connectivity index (χ4n) is 2.89. The molecule has 0 aliphatic heterocycles. The lowest BCUT2D eigenvalue weighted by molar-refractivity contribution is 0.0937. The van der Waals surface area contributed by atoms with Crippen LogP contribution in [0.25, 0.3) is 0 Å². The van der Waals surface area contributed by atoms with E-state index in [-0.39, 0.29) is 11.9 Å². The molecule has 0 radical (unpaired) electrons. The Morgan fingerprint density at radius 2 is 2.00 bits per heavy atom. The summed E-state index contributed by atoms with van der Waals surface area (Å²) in [4.78, 5) is 4.17. The molecule has 1 N–H and O–H groups in total. The van der Waals surface area contributed by atoms with Gasteiger partial charge in [-0.05, 0) is 50.0 Å². The molecule has 1 heterocycles. The summed E-state index contributed by atoms with van der Waals surface area (Å²) in [5.41, 5.74) is 1.26. The van der Waals surface area contributed by atoms with Crippen LogP contribution in [0.1, 0.15) is 57.9 Å². The molecule has 0 saturated heterocycles. The molecule has 116 valence electrons. The summed E-state index contributed by atoms with van der Waals surface area (Å²) in [5, 5.41) is 3.40.